The number of anilines is 1. The minimum Gasteiger partial charge on any atom is -0.481 e. The highest BCUT2D eigenvalue weighted by Crippen LogP contribution is 2.23. The second kappa shape index (κ2) is 6.81. The van der Waals surface area contributed by atoms with Crippen molar-refractivity contribution in [2.24, 2.45) is 11.8 Å². The number of nitrogens with one attached hydrogen (secondary N) is 1. The zero-order valence-electron chi connectivity index (χ0n) is 13.4. The minimum absolute atomic E-state index is 0.0412. The average molecular weight is 304 g/mol. The van der Waals surface area contributed by atoms with Crippen molar-refractivity contribution in [1.29, 1.82) is 0 Å². The molecule has 1 aliphatic rings. The van der Waals surface area contributed by atoms with E-state index >= 15 is 0 Å². The van der Waals surface area contributed by atoms with Gasteiger partial charge in [-0.2, -0.15) is 0 Å². The minimum atomic E-state index is -0.813. The summed E-state index contributed by atoms with van der Waals surface area (Å²) in [6, 6.07) is 5.99. The molecule has 0 saturated carbocycles. The molecule has 1 aromatic carbocycles. The zero-order chi connectivity index (χ0) is 16.3. The Morgan fingerprint density at radius 2 is 1.91 bits per heavy atom. The molecule has 1 amide bonds. The molecule has 0 bridgehead atoms. The van der Waals surface area contributed by atoms with Crippen LogP contribution < -0.4 is 5.32 Å². The van der Waals surface area contributed by atoms with Gasteiger partial charge in [-0.15, -0.1) is 0 Å². The molecule has 0 aromatic heterocycles. The Morgan fingerprint density at radius 3 is 2.50 bits per heavy atom. The summed E-state index contributed by atoms with van der Waals surface area (Å²) in [4.78, 5) is 25.2. The number of aryl methyl sites for hydroxylation is 2. The smallest absolute Gasteiger partial charge is 0.308 e. The first-order chi connectivity index (χ1) is 10.4. The Kier molecular flexibility index (Phi) is 5.06. The second-order valence-electron chi connectivity index (χ2n) is 6.30. The maximum atomic E-state index is 12.4. The van der Waals surface area contributed by atoms with E-state index in [4.69, 9.17) is 0 Å². The zero-order valence-corrected chi connectivity index (χ0v) is 13.4. The van der Waals surface area contributed by atoms with Crippen LogP contribution in [0.3, 0.4) is 0 Å². The molecule has 2 unspecified atom stereocenters. The van der Waals surface area contributed by atoms with Crippen LogP contribution in [0.1, 0.15) is 24.5 Å². The number of carboxylic acids is 1. The fourth-order valence-electron chi connectivity index (χ4n) is 3.10. The van der Waals surface area contributed by atoms with Gasteiger partial charge < -0.3 is 15.3 Å². The predicted molar refractivity (Wildman–Crippen MR) is 85.9 cm³/mol. The van der Waals surface area contributed by atoms with Crippen molar-refractivity contribution in [3.05, 3.63) is 29.3 Å². The number of rotatable bonds is 4. The highest BCUT2D eigenvalue weighted by molar-refractivity contribution is 5.82. The average Bonchev–Trinajstić information content (AvgIpc) is 2.45. The SMILES string of the molecule is Cc1cccc(C)c1NCC(=O)N1CC(C)CC(C(=O)O)C1. The van der Waals surface area contributed by atoms with Gasteiger partial charge in [0.25, 0.3) is 0 Å². The number of hydrogen-bond acceptors (Lipinski definition) is 3. The molecule has 2 N–H and O–H groups in total. The number of aliphatic carboxylic acids is 1. The molecular weight excluding hydrogens is 280 g/mol. The second-order valence-corrected chi connectivity index (χ2v) is 6.30. The molecule has 2 rings (SSSR count). The first-order valence-electron chi connectivity index (χ1n) is 7.69. The van der Waals surface area contributed by atoms with E-state index in [0.29, 0.717) is 19.5 Å². The Labute approximate surface area is 131 Å². The van der Waals surface area contributed by atoms with Crippen LogP contribution in [-0.4, -0.2) is 41.5 Å². The van der Waals surface area contributed by atoms with Crippen molar-refractivity contribution < 1.29 is 14.7 Å². The number of carbonyl (C=O) groups is 2. The number of likely N-dealkylation sites (tertiary alicyclic amines) is 1. The summed E-state index contributed by atoms with van der Waals surface area (Å²) in [7, 11) is 0. The first kappa shape index (κ1) is 16.3. The van der Waals surface area contributed by atoms with Crippen LogP contribution in [-0.2, 0) is 9.59 Å². The van der Waals surface area contributed by atoms with E-state index < -0.39 is 11.9 Å². The van der Waals surface area contributed by atoms with E-state index in [1.807, 2.05) is 39.0 Å². The van der Waals surface area contributed by atoms with E-state index in [1.165, 1.54) is 0 Å². The summed E-state index contributed by atoms with van der Waals surface area (Å²) in [5.41, 5.74) is 3.18. The number of carboxylic acid groups (broad SMARTS) is 1. The van der Waals surface area contributed by atoms with E-state index in [2.05, 4.69) is 5.32 Å². The Hall–Kier alpha value is -2.04. The van der Waals surface area contributed by atoms with Crippen molar-refractivity contribution >= 4 is 17.6 Å². The number of piperidine rings is 1. The molecule has 1 heterocycles. The van der Waals surface area contributed by atoms with Gasteiger partial charge in [0.05, 0.1) is 12.5 Å². The quantitative estimate of drug-likeness (QED) is 0.895. The van der Waals surface area contributed by atoms with Crippen molar-refractivity contribution in [3.8, 4) is 0 Å². The summed E-state index contributed by atoms with van der Waals surface area (Å²) < 4.78 is 0. The maximum absolute atomic E-state index is 12.4. The highest BCUT2D eigenvalue weighted by atomic mass is 16.4. The van der Waals surface area contributed by atoms with Crippen LogP contribution >= 0.6 is 0 Å². The van der Waals surface area contributed by atoms with Crippen molar-refractivity contribution in [1.82, 2.24) is 4.90 Å². The van der Waals surface area contributed by atoms with Crippen molar-refractivity contribution in [2.45, 2.75) is 27.2 Å². The molecule has 0 spiro atoms. The van der Waals surface area contributed by atoms with Crippen LogP contribution in [0.25, 0.3) is 0 Å². The molecule has 1 fully saturated rings. The standard InChI is InChI=1S/C17H24N2O3/c1-11-7-14(17(21)22)10-19(9-11)15(20)8-18-16-12(2)5-4-6-13(16)3/h4-6,11,14,18H,7-10H2,1-3H3,(H,21,22). The van der Waals surface area contributed by atoms with E-state index in [-0.39, 0.29) is 18.4 Å². The first-order valence-corrected chi connectivity index (χ1v) is 7.69. The lowest BCUT2D eigenvalue weighted by Crippen LogP contribution is -2.47. The molecule has 120 valence electrons. The lowest BCUT2D eigenvalue weighted by molar-refractivity contribution is -0.146. The monoisotopic (exact) mass is 304 g/mol. The summed E-state index contributed by atoms with van der Waals surface area (Å²) in [5, 5.41) is 12.4. The largest absolute Gasteiger partial charge is 0.481 e. The van der Waals surface area contributed by atoms with Gasteiger partial charge in [-0.05, 0) is 37.3 Å². The number of carbonyl (C=O) groups excluding carboxylic acids is 1. The third kappa shape index (κ3) is 3.78. The topological polar surface area (TPSA) is 69.6 Å². The van der Waals surface area contributed by atoms with Crippen molar-refractivity contribution in [3.63, 3.8) is 0 Å². The van der Waals surface area contributed by atoms with Gasteiger partial charge in [0.2, 0.25) is 5.91 Å². The molecule has 5 heteroatoms. The van der Waals surface area contributed by atoms with Gasteiger partial charge >= 0.3 is 5.97 Å². The van der Waals surface area contributed by atoms with Gasteiger partial charge in [-0.1, -0.05) is 25.1 Å². The molecule has 0 radical (unpaired) electrons. The molecule has 5 nitrogen and oxygen atoms in total. The van der Waals surface area contributed by atoms with Crippen molar-refractivity contribution in [2.75, 3.05) is 25.0 Å². The molecule has 1 aromatic rings. The van der Waals surface area contributed by atoms with Crippen LogP contribution in [0.4, 0.5) is 5.69 Å². The van der Waals surface area contributed by atoms with Gasteiger partial charge in [-0.3, -0.25) is 9.59 Å². The van der Waals surface area contributed by atoms with Gasteiger partial charge in [0.1, 0.15) is 0 Å². The van der Waals surface area contributed by atoms with E-state index in [0.717, 1.165) is 16.8 Å². The molecule has 1 aliphatic heterocycles. The van der Waals surface area contributed by atoms with E-state index in [1.54, 1.807) is 4.90 Å². The lowest BCUT2D eigenvalue weighted by Gasteiger charge is -2.34. The summed E-state index contributed by atoms with van der Waals surface area (Å²) in [6.07, 6.45) is 0.642. The summed E-state index contributed by atoms with van der Waals surface area (Å²) in [6.45, 7) is 7.15. The van der Waals surface area contributed by atoms with Gasteiger partial charge in [0.15, 0.2) is 0 Å². The number of amides is 1. The third-order valence-corrected chi connectivity index (χ3v) is 4.26. The Morgan fingerprint density at radius 1 is 1.27 bits per heavy atom. The summed E-state index contributed by atoms with van der Waals surface area (Å²) in [5.74, 6) is -1.08. The number of para-hydroxylation sites is 1. The van der Waals surface area contributed by atoms with Crippen LogP contribution in [0, 0.1) is 25.7 Å². The fraction of sp³-hybridized carbons (Fsp3) is 0.529. The molecular formula is C17H24N2O3. The summed E-state index contributed by atoms with van der Waals surface area (Å²) >= 11 is 0. The number of benzene rings is 1. The van der Waals surface area contributed by atoms with E-state index in [9.17, 15) is 14.7 Å². The highest BCUT2D eigenvalue weighted by Gasteiger charge is 2.31. The van der Waals surface area contributed by atoms with Crippen LogP contribution in [0.5, 0.6) is 0 Å². The van der Waals surface area contributed by atoms with Crippen LogP contribution in [0.15, 0.2) is 18.2 Å². The maximum Gasteiger partial charge on any atom is 0.308 e. The lowest BCUT2D eigenvalue weighted by atomic mass is 9.90. The fourth-order valence-corrected chi connectivity index (χ4v) is 3.10. The number of hydrogen-bond donors (Lipinski definition) is 2. The third-order valence-electron chi connectivity index (χ3n) is 4.26. The van der Waals surface area contributed by atoms with Gasteiger partial charge in [0, 0.05) is 18.8 Å². The molecule has 1 saturated heterocycles. The predicted octanol–water partition coefficient (Wildman–Crippen LogP) is 2.28. The molecule has 2 atom stereocenters. The molecule has 22 heavy (non-hydrogen) atoms. The van der Waals surface area contributed by atoms with Gasteiger partial charge in [-0.25, -0.2) is 0 Å². The Bertz CT molecular complexity index is 551. The molecule has 0 aliphatic carbocycles. The Balaban J connectivity index is 1.98. The normalized spacial score (nSPS) is 21.5. The number of nitrogens with zero attached hydrogens (tertiary/aromatic N) is 1. The van der Waals surface area contributed by atoms with Crippen LogP contribution in [0.2, 0.25) is 0 Å².